The van der Waals surface area contributed by atoms with Crippen LogP contribution in [0.25, 0.3) is 0 Å². The van der Waals surface area contributed by atoms with E-state index in [9.17, 15) is 5.11 Å². The second-order valence-electron chi connectivity index (χ2n) is 5.21. The lowest BCUT2D eigenvalue weighted by molar-refractivity contribution is 0.131. The molecule has 2 atom stereocenters. The minimum atomic E-state index is -0.467. The predicted molar refractivity (Wildman–Crippen MR) is 80.5 cm³/mol. The maximum Gasteiger partial charge on any atom is 0.119 e. The number of aryl methyl sites for hydroxylation is 1. The standard InChI is InChI=1S/C17H17ClO2/c1-20-14-7-9-16-12(10-14)4-8-15(17(16)19)11-2-5-13(18)6-3-11/h2-3,5-7,9-10,15,17,19H,4,8H2,1H3/t15-,17-/m0/s1. The number of aliphatic hydroxyl groups is 1. The summed E-state index contributed by atoms with van der Waals surface area (Å²) >= 11 is 5.93. The van der Waals surface area contributed by atoms with Gasteiger partial charge >= 0.3 is 0 Å². The van der Waals surface area contributed by atoms with E-state index in [1.165, 1.54) is 5.56 Å². The Bertz CT molecular complexity index is 607. The number of hydrogen-bond acceptors (Lipinski definition) is 2. The average Bonchev–Trinajstić information content (AvgIpc) is 2.48. The van der Waals surface area contributed by atoms with Crippen molar-refractivity contribution in [3.63, 3.8) is 0 Å². The van der Waals surface area contributed by atoms with Crippen molar-refractivity contribution < 1.29 is 9.84 Å². The molecule has 3 heteroatoms. The number of ether oxygens (including phenoxy) is 1. The molecular weight excluding hydrogens is 272 g/mol. The van der Waals surface area contributed by atoms with E-state index in [0.717, 1.165) is 34.7 Å². The summed E-state index contributed by atoms with van der Waals surface area (Å²) in [5.41, 5.74) is 3.34. The van der Waals surface area contributed by atoms with Gasteiger partial charge in [0.2, 0.25) is 0 Å². The molecule has 0 unspecified atom stereocenters. The fraction of sp³-hybridized carbons (Fsp3) is 0.294. The van der Waals surface area contributed by atoms with Crippen molar-refractivity contribution in [2.45, 2.75) is 24.9 Å². The van der Waals surface area contributed by atoms with Gasteiger partial charge in [0, 0.05) is 10.9 Å². The van der Waals surface area contributed by atoms with E-state index in [-0.39, 0.29) is 5.92 Å². The molecule has 0 aliphatic heterocycles. The predicted octanol–water partition coefficient (Wildman–Crippen LogP) is 4.11. The zero-order valence-corrected chi connectivity index (χ0v) is 12.1. The number of benzene rings is 2. The van der Waals surface area contributed by atoms with Crippen molar-refractivity contribution in [1.29, 1.82) is 0 Å². The quantitative estimate of drug-likeness (QED) is 0.901. The highest BCUT2D eigenvalue weighted by atomic mass is 35.5. The van der Waals surface area contributed by atoms with Crippen molar-refractivity contribution in [3.05, 3.63) is 64.2 Å². The molecule has 2 nitrogen and oxygen atoms in total. The van der Waals surface area contributed by atoms with Crippen LogP contribution in [-0.4, -0.2) is 12.2 Å². The van der Waals surface area contributed by atoms with Gasteiger partial charge in [0.15, 0.2) is 0 Å². The van der Waals surface area contributed by atoms with Crippen LogP contribution in [-0.2, 0) is 6.42 Å². The summed E-state index contributed by atoms with van der Waals surface area (Å²) in [6, 6.07) is 13.7. The summed E-state index contributed by atoms with van der Waals surface area (Å²) in [6.07, 6.45) is 1.42. The third-order valence-electron chi connectivity index (χ3n) is 4.07. The van der Waals surface area contributed by atoms with Gasteiger partial charge in [-0.2, -0.15) is 0 Å². The number of hydrogen-bond donors (Lipinski definition) is 1. The molecule has 104 valence electrons. The van der Waals surface area contributed by atoms with E-state index >= 15 is 0 Å². The fourth-order valence-corrected chi connectivity index (χ4v) is 3.08. The molecule has 0 spiro atoms. The molecule has 2 aromatic rings. The molecule has 20 heavy (non-hydrogen) atoms. The zero-order chi connectivity index (χ0) is 14.1. The maximum atomic E-state index is 10.6. The molecule has 0 heterocycles. The lowest BCUT2D eigenvalue weighted by atomic mass is 9.78. The summed E-state index contributed by atoms with van der Waals surface area (Å²) in [7, 11) is 1.66. The van der Waals surface area contributed by atoms with Crippen LogP contribution in [0.2, 0.25) is 5.02 Å². The van der Waals surface area contributed by atoms with Crippen molar-refractivity contribution in [1.82, 2.24) is 0 Å². The average molecular weight is 289 g/mol. The first kappa shape index (κ1) is 13.5. The number of halogens is 1. The van der Waals surface area contributed by atoms with Crippen molar-refractivity contribution >= 4 is 11.6 Å². The maximum absolute atomic E-state index is 10.6. The minimum Gasteiger partial charge on any atom is -0.497 e. The molecule has 0 saturated carbocycles. The molecule has 0 aromatic heterocycles. The minimum absolute atomic E-state index is 0.133. The van der Waals surface area contributed by atoms with E-state index in [1.54, 1.807) is 7.11 Å². The van der Waals surface area contributed by atoms with Gasteiger partial charge in [-0.1, -0.05) is 29.8 Å². The molecule has 1 N–H and O–H groups in total. The SMILES string of the molecule is COc1ccc2c(c1)CC[C@@H](c1ccc(Cl)cc1)[C@@H]2O. The van der Waals surface area contributed by atoms with Crippen molar-refractivity contribution in [2.24, 2.45) is 0 Å². The summed E-state index contributed by atoms with van der Waals surface area (Å²) in [5, 5.41) is 11.4. The highest BCUT2D eigenvalue weighted by molar-refractivity contribution is 6.30. The Morgan fingerprint density at radius 1 is 1.15 bits per heavy atom. The Balaban J connectivity index is 1.92. The van der Waals surface area contributed by atoms with Gasteiger partial charge in [0.25, 0.3) is 0 Å². The Morgan fingerprint density at radius 2 is 1.90 bits per heavy atom. The van der Waals surface area contributed by atoms with Gasteiger partial charge < -0.3 is 9.84 Å². The molecular formula is C17H17ClO2. The van der Waals surface area contributed by atoms with Gasteiger partial charge in [-0.05, 0) is 53.8 Å². The van der Waals surface area contributed by atoms with E-state index < -0.39 is 6.10 Å². The first-order valence-electron chi connectivity index (χ1n) is 6.79. The van der Waals surface area contributed by atoms with Crippen LogP contribution in [0.4, 0.5) is 0 Å². The third kappa shape index (κ3) is 2.41. The van der Waals surface area contributed by atoms with Crippen LogP contribution in [0.3, 0.4) is 0 Å². The molecule has 2 aromatic carbocycles. The van der Waals surface area contributed by atoms with Crippen molar-refractivity contribution in [3.8, 4) is 5.75 Å². The van der Waals surface area contributed by atoms with Gasteiger partial charge in [-0.15, -0.1) is 0 Å². The summed E-state index contributed by atoms with van der Waals surface area (Å²) in [4.78, 5) is 0. The first-order valence-corrected chi connectivity index (χ1v) is 7.17. The normalized spacial score (nSPS) is 21.4. The van der Waals surface area contributed by atoms with E-state index in [1.807, 2.05) is 42.5 Å². The van der Waals surface area contributed by atoms with Crippen molar-refractivity contribution in [2.75, 3.05) is 7.11 Å². The number of rotatable bonds is 2. The second kappa shape index (κ2) is 5.47. The molecule has 3 rings (SSSR count). The Morgan fingerprint density at radius 3 is 2.60 bits per heavy atom. The number of fused-ring (bicyclic) bond motifs is 1. The molecule has 0 bridgehead atoms. The van der Waals surface area contributed by atoms with Gasteiger partial charge in [0.05, 0.1) is 13.2 Å². The van der Waals surface area contributed by atoms with Crippen LogP contribution >= 0.6 is 11.6 Å². The highest BCUT2D eigenvalue weighted by Gasteiger charge is 2.29. The van der Waals surface area contributed by atoms with E-state index in [2.05, 4.69) is 0 Å². The Hall–Kier alpha value is -1.51. The molecule has 0 radical (unpaired) electrons. The van der Waals surface area contributed by atoms with Crippen LogP contribution in [0.1, 0.15) is 35.1 Å². The number of methoxy groups -OCH3 is 1. The largest absolute Gasteiger partial charge is 0.497 e. The topological polar surface area (TPSA) is 29.5 Å². The van der Waals surface area contributed by atoms with E-state index in [4.69, 9.17) is 16.3 Å². The molecule has 1 aliphatic carbocycles. The Kier molecular flexibility index (Phi) is 3.68. The smallest absolute Gasteiger partial charge is 0.119 e. The van der Waals surface area contributed by atoms with Crippen LogP contribution in [0, 0.1) is 0 Å². The monoisotopic (exact) mass is 288 g/mol. The first-order chi connectivity index (χ1) is 9.69. The van der Waals surface area contributed by atoms with Crippen LogP contribution in [0.15, 0.2) is 42.5 Å². The Labute approximate surface area is 124 Å². The molecule has 1 aliphatic rings. The van der Waals surface area contributed by atoms with Crippen LogP contribution in [0.5, 0.6) is 5.75 Å². The molecule has 0 amide bonds. The van der Waals surface area contributed by atoms with E-state index in [0.29, 0.717) is 0 Å². The fourth-order valence-electron chi connectivity index (χ4n) is 2.96. The molecule has 0 saturated heterocycles. The van der Waals surface area contributed by atoms with Gasteiger partial charge in [0.1, 0.15) is 5.75 Å². The highest BCUT2D eigenvalue weighted by Crippen LogP contribution is 2.41. The second-order valence-corrected chi connectivity index (χ2v) is 5.64. The third-order valence-corrected chi connectivity index (χ3v) is 4.32. The summed E-state index contributed by atoms with van der Waals surface area (Å²) in [5.74, 6) is 0.981. The summed E-state index contributed by atoms with van der Waals surface area (Å²) in [6.45, 7) is 0. The van der Waals surface area contributed by atoms with Gasteiger partial charge in [-0.25, -0.2) is 0 Å². The lowest BCUT2D eigenvalue weighted by Crippen LogP contribution is -2.19. The molecule has 0 fully saturated rings. The van der Waals surface area contributed by atoms with Crippen LogP contribution < -0.4 is 4.74 Å². The number of aliphatic hydroxyl groups excluding tert-OH is 1. The summed E-state index contributed by atoms with van der Waals surface area (Å²) < 4.78 is 5.24. The van der Waals surface area contributed by atoms with Gasteiger partial charge in [-0.3, -0.25) is 0 Å². The zero-order valence-electron chi connectivity index (χ0n) is 11.3. The lowest BCUT2D eigenvalue weighted by Gasteiger charge is -2.30.